The zero-order valence-electron chi connectivity index (χ0n) is 18.5. The van der Waals surface area contributed by atoms with Crippen LogP contribution in [0.3, 0.4) is 0 Å². The van der Waals surface area contributed by atoms with Crippen molar-refractivity contribution >= 4 is 11.5 Å². The summed E-state index contributed by atoms with van der Waals surface area (Å²) in [5.74, 6) is 2.71. The van der Waals surface area contributed by atoms with Gasteiger partial charge in [0.2, 0.25) is 11.7 Å². The molecule has 2 saturated heterocycles. The molecule has 168 valence electrons. The van der Waals surface area contributed by atoms with Crippen LogP contribution in [0.2, 0.25) is 0 Å². The van der Waals surface area contributed by atoms with Crippen LogP contribution in [-0.4, -0.2) is 59.3 Å². The molecule has 0 bridgehead atoms. The normalized spacial score (nSPS) is 20.0. The average molecular weight is 437 g/mol. The number of nitrogens with zero attached hydrogens (tertiary/aromatic N) is 6. The van der Waals surface area contributed by atoms with Crippen LogP contribution in [-0.2, 0) is 6.54 Å². The predicted molar refractivity (Wildman–Crippen MR) is 122 cm³/mol. The topological polar surface area (TPSA) is 61.5 Å². The van der Waals surface area contributed by atoms with Crippen LogP contribution in [0.25, 0.3) is 11.4 Å². The Morgan fingerprint density at radius 1 is 1.03 bits per heavy atom. The third-order valence-corrected chi connectivity index (χ3v) is 6.38. The van der Waals surface area contributed by atoms with Crippen molar-refractivity contribution in [2.45, 2.75) is 26.3 Å². The number of piperidine rings is 1. The van der Waals surface area contributed by atoms with E-state index in [1.807, 2.05) is 30.5 Å². The van der Waals surface area contributed by atoms with Crippen LogP contribution in [0.4, 0.5) is 15.9 Å². The number of halogens is 1. The zero-order chi connectivity index (χ0) is 21.9. The monoisotopic (exact) mass is 436 g/mol. The van der Waals surface area contributed by atoms with Crippen molar-refractivity contribution in [1.82, 2.24) is 20.0 Å². The van der Waals surface area contributed by atoms with E-state index < -0.39 is 0 Å². The van der Waals surface area contributed by atoms with Gasteiger partial charge in [0.15, 0.2) is 0 Å². The summed E-state index contributed by atoms with van der Waals surface area (Å²) >= 11 is 0. The van der Waals surface area contributed by atoms with E-state index in [-0.39, 0.29) is 5.82 Å². The second-order valence-electron chi connectivity index (χ2n) is 8.82. The summed E-state index contributed by atoms with van der Waals surface area (Å²) in [6.45, 7) is 8.17. The number of benzene rings is 1. The smallest absolute Gasteiger partial charge is 0.241 e. The molecule has 0 radical (unpaired) electrons. The molecule has 32 heavy (non-hydrogen) atoms. The van der Waals surface area contributed by atoms with Crippen LogP contribution >= 0.6 is 0 Å². The van der Waals surface area contributed by atoms with E-state index in [0.717, 1.165) is 50.6 Å². The molecule has 2 aliphatic rings. The number of piperazine rings is 1. The molecular formula is C24H29FN6O. The van der Waals surface area contributed by atoms with Gasteiger partial charge in [0.25, 0.3) is 0 Å². The Bertz CT molecular complexity index is 1030. The van der Waals surface area contributed by atoms with Crippen molar-refractivity contribution in [3.8, 4) is 11.4 Å². The summed E-state index contributed by atoms with van der Waals surface area (Å²) in [5, 5.41) is 4.15. The van der Waals surface area contributed by atoms with E-state index in [1.54, 1.807) is 6.07 Å². The molecule has 0 saturated carbocycles. The first-order valence-corrected chi connectivity index (χ1v) is 11.4. The molecule has 2 aromatic heterocycles. The van der Waals surface area contributed by atoms with E-state index >= 15 is 0 Å². The van der Waals surface area contributed by atoms with Gasteiger partial charge in [-0.15, -0.1) is 0 Å². The molecule has 1 atom stereocenters. The van der Waals surface area contributed by atoms with Gasteiger partial charge >= 0.3 is 0 Å². The molecule has 0 unspecified atom stereocenters. The molecule has 0 aliphatic carbocycles. The van der Waals surface area contributed by atoms with E-state index in [2.05, 4.69) is 36.7 Å². The van der Waals surface area contributed by atoms with Gasteiger partial charge in [0.05, 0.1) is 12.2 Å². The van der Waals surface area contributed by atoms with Crippen molar-refractivity contribution in [2.24, 2.45) is 5.92 Å². The van der Waals surface area contributed by atoms with Gasteiger partial charge in [-0.1, -0.05) is 24.2 Å². The largest absolute Gasteiger partial charge is 0.367 e. The minimum absolute atomic E-state index is 0.170. The number of hydrogen-bond acceptors (Lipinski definition) is 7. The number of rotatable bonds is 5. The first kappa shape index (κ1) is 20.9. The predicted octanol–water partition coefficient (Wildman–Crippen LogP) is 3.83. The van der Waals surface area contributed by atoms with Gasteiger partial charge in [-0.2, -0.15) is 4.98 Å². The van der Waals surface area contributed by atoms with Crippen LogP contribution in [0.15, 0.2) is 47.1 Å². The molecule has 8 heteroatoms. The van der Waals surface area contributed by atoms with Gasteiger partial charge < -0.3 is 14.3 Å². The molecule has 0 amide bonds. The summed E-state index contributed by atoms with van der Waals surface area (Å²) in [4.78, 5) is 15.9. The van der Waals surface area contributed by atoms with Crippen molar-refractivity contribution < 1.29 is 8.91 Å². The van der Waals surface area contributed by atoms with Crippen LogP contribution in [0, 0.1) is 11.7 Å². The lowest BCUT2D eigenvalue weighted by atomic mass is 10.0. The lowest BCUT2D eigenvalue weighted by molar-refractivity contribution is 0.215. The molecular weight excluding hydrogens is 407 g/mol. The maximum Gasteiger partial charge on any atom is 0.241 e. The highest BCUT2D eigenvalue weighted by Crippen LogP contribution is 2.24. The summed E-state index contributed by atoms with van der Waals surface area (Å²) in [5.41, 5.74) is 1.53. The number of aromatic nitrogens is 3. The molecule has 7 nitrogen and oxygen atoms in total. The molecule has 2 fully saturated rings. The first-order chi connectivity index (χ1) is 15.7. The van der Waals surface area contributed by atoms with Gasteiger partial charge in [0, 0.05) is 51.0 Å². The van der Waals surface area contributed by atoms with Crippen molar-refractivity contribution in [3.63, 3.8) is 0 Å². The van der Waals surface area contributed by atoms with Crippen LogP contribution < -0.4 is 9.80 Å². The minimum Gasteiger partial charge on any atom is -0.367 e. The summed E-state index contributed by atoms with van der Waals surface area (Å²) in [7, 11) is 0. The summed E-state index contributed by atoms with van der Waals surface area (Å²) < 4.78 is 19.5. The Kier molecular flexibility index (Phi) is 6.03. The lowest BCUT2D eigenvalue weighted by Crippen LogP contribution is -2.46. The maximum atomic E-state index is 14.0. The van der Waals surface area contributed by atoms with Gasteiger partial charge in [-0.25, -0.2) is 9.37 Å². The van der Waals surface area contributed by atoms with Crippen LogP contribution in [0.1, 0.15) is 25.7 Å². The molecule has 0 spiro atoms. The fourth-order valence-corrected chi connectivity index (χ4v) is 4.59. The third-order valence-electron chi connectivity index (χ3n) is 6.38. The Morgan fingerprint density at radius 2 is 1.88 bits per heavy atom. The van der Waals surface area contributed by atoms with Gasteiger partial charge in [-0.05, 0) is 43.0 Å². The molecule has 4 heterocycles. The zero-order valence-corrected chi connectivity index (χ0v) is 18.5. The molecule has 1 aromatic carbocycles. The van der Waals surface area contributed by atoms with Crippen molar-refractivity contribution in [3.05, 3.63) is 54.3 Å². The summed E-state index contributed by atoms with van der Waals surface area (Å²) in [6.07, 6.45) is 4.34. The first-order valence-electron chi connectivity index (χ1n) is 11.4. The van der Waals surface area contributed by atoms with Crippen molar-refractivity contribution in [2.75, 3.05) is 49.1 Å². The fraction of sp³-hybridized carbons (Fsp3) is 0.458. The van der Waals surface area contributed by atoms with E-state index in [1.165, 1.54) is 18.9 Å². The SMILES string of the molecule is C[C@H]1CCCN(c2ccc(-c3noc(CN4CCN(c5ccccc5F)CC4)n3)cn2)C1. The minimum atomic E-state index is -0.170. The second-order valence-corrected chi connectivity index (χ2v) is 8.82. The number of hydrogen-bond donors (Lipinski definition) is 0. The molecule has 0 N–H and O–H groups in total. The molecule has 5 rings (SSSR count). The van der Waals surface area contributed by atoms with E-state index in [9.17, 15) is 4.39 Å². The third kappa shape index (κ3) is 4.60. The Balaban J connectivity index is 1.17. The fourth-order valence-electron chi connectivity index (χ4n) is 4.59. The van der Waals surface area contributed by atoms with Crippen molar-refractivity contribution in [1.29, 1.82) is 0 Å². The Labute approximate surface area is 187 Å². The number of para-hydroxylation sites is 1. The lowest BCUT2D eigenvalue weighted by Gasteiger charge is -2.35. The average Bonchev–Trinajstić information content (AvgIpc) is 3.29. The van der Waals surface area contributed by atoms with Gasteiger partial charge in [-0.3, -0.25) is 4.90 Å². The number of pyridine rings is 1. The Morgan fingerprint density at radius 3 is 2.62 bits per heavy atom. The number of anilines is 2. The standard InChI is InChI=1S/C24H29FN6O/c1-18-5-4-10-31(16-18)22-9-8-19(15-26-22)24-27-23(32-28-24)17-29-11-13-30(14-12-29)21-7-3-2-6-20(21)25/h2-3,6-9,15,18H,4-5,10-14,16-17H2,1H3/t18-/m0/s1. The summed E-state index contributed by atoms with van der Waals surface area (Å²) in [6, 6.07) is 11.0. The Hall–Kier alpha value is -3.00. The van der Waals surface area contributed by atoms with Crippen LogP contribution in [0.5, 0.6) is 0 Å². The quantitative estimate of drug-likeness (QED) is 0.602. The van der Waals surface area contributed by atoms with Gasteiger partial charge in [0.1, 0.15) is 11.6 Å². The van der Waals surface area contributed by atoms with E-state index in [0.29, 0.717) is 29.9 Å². The highest BCUT2D eigenvalue weighted by Gasteiger charge is 2.22. The van der Waals surface area contributed by atoms with E-state index in [4.69, 9.17) is 4.52 Å². The molecule has 2 aliphatic heterocycles. The molecule has 3 aromatic rings. The second kappa shape index (κ2) is 9.24. The highest BCUT2D eigenvalue weighted by atomic mass is 19.1. The highest BCUT2D eigenvalue weighted by molar-refractivity contribution is 5.56. The maximum absolute atomic E-state index is 14.0.